The molecule has 0 spiro atoms. The van der Waals surface area contributed by atoms with Gasteiger partial charge in [0.2, 0.25) is 5.91 Å². The highest BCUT2D eigenvalue weighted by Gasteiger charge is 2.22. The minimum atomic E-state index is -0.263. The summed E-state index contributed by atoms with van der Waals surface area (Å²) in [4.78, 5) is 29.4. The maximum Gasteiger partial charge on any atom is 0.267 e. The van der Waals surface area contributed by atoms with Crippen LogP contribution in [0.3, 0.4) is 0 Å². The van der Waals surface area contributed by atoms with E-state index in [1.54, 1.807) is 6.07 Å². The lowest BCUT2D eigenvalue weighted by molar-refractivity contribution is -0.132. The van der Waals surface area contributed by atoms with Crippen LogP contribution in [0.1, 0.15) is 16.7 Å². The number of piperazine rings is 1. The summed E-state index contributed by atoms with van der Waals surface area (Å²) >= 11 is 0. The summed E-state index contributed by atoms with van der Waals surface area (Å²) in [5, 5.41) is 4.50. The summed E-state index contributed by atoms with van der Waals surface area (Å²) in [6.45, 7) is 8.92. The van der Waals surface area contributed by atoms with Crippen molar-refractivity contribution in [3.63, 3.8) is 0 Å². The lowest BCUT2D eigenvalue weighted by Gasteiger charge is -2.36. The van der Waals surface area contributed by atoms with Crippen LogP contribution in [0.25, 0.3) is 11.3 Å². The van der Waals surface area contributed by atoms with Crippen molar-refractivity contribution in [3.05, 3.63) is 81.6 Å². The molecule has 0 unspecified atom stereocenters. The zero-order valence-electron chi connectivity index (χ0n) is 18.3. The number of aromatic nitrogens is 2. The van der Waals surface area contributed by atoms with Gasteiger partial charge in [-0.3, -0.25) is 9.59 Å². The first-order valence-electron chi connectivity index (χ1n) is 10.7. The Hall–Kier alpha value is -3.41. The quantitative estimate of drug-likeness (QED) is 0.656. The number of anilines is 1. The van der Waals surface area contributed by atoms with Crippen molar-refractivity contribution in [1.29, 1.82) is 0 Å². The Balaban J connectivity index is 1.45. The number of rotatable bonds is 4. The molecule has 0 aliphatic carbocycles. The number of amides is 1. The van der Waals surface area contributed by atoms with Crippen molar-refractivity contribution in [2.75, 3.05) is 31.1 Å². The molecule has 1 aromatic heterocycles. The smallest absolute Gasteiger partial charge is 0.267 e. The molecule has 6 heteroatoms. The zero-order chi connectivity index (χ0) is 22.0. The number of carbonyl (C=O) groups excluding carboxylic acids is 1. The Bertz CT molecular complexity index is 1160. The van der Waals surface area contributed by atoms with Gasteiger partial charge < -0.3 is 9.80 Å². The summed E-state index contributed by atoms with van der Waals surface area (Å²) in [5.74, 6) is -0.0726. The third kappa shape index (κ3) is 4.68. The number of nitrogens with zero attached hydrogens (tertiary/aromatic N) is 4. The van der Waals surface area contributed by atoms with Crippen LogP contribution in [0.2, 0.25) is 0 Å². The average Bonchev–Trinajstić information content (AvgIpc) is 2.77. The third-order valence-electron chi connectivity index (χ3n) is 5.82. The topological polar surface area (TPSA) is 58.4 Å². The van der Waals surface area contributed by atoms with E-state index in [0.29, 0.717) is 18.8 Å². The molecule has 1 aliphatic heterocycles. The molecule has 4 rings (SSSR count). The third-order valence-corrected chi connectivity index (χ3v) is 5.82. The van der Waals surface area contributed by atoms with Gasteiger partial charge in [0.25, 0.3) is 5.56 Å². The van der Waals surface area contributed by atoms with Gasteiger partial charge in [-0.05, 0) is 56.2 Å². The molecule has 0 atom stereocenters. The van der Waals surface area contributed by atoms with E-state index in [4.69, 9.17) is 0 Å². The van der Waals surface area contributed by atoms with Crippen LogP contribution in [0.5, 0.6) is 0 Å². The SMILES string of the molecule is Cc1cccc(N2CCN(C(=O)Cn3nc(-c4cc(C)ccc4C)ccc3=O)CC2)c1. The Kier molecular flexibility index (Phi) is 5.89. The number of benzene rings is 2. The van der Waals surface area contributed by atoms with Gasteiger partial charge in [0.1, 0.15) is 6.54 Å². The fourth-order valence-corrected chi connectivity index (χ4v) is 3.98. The van der Waals surface area contributed by atoms with E-state index < -0.39 is 0 Å². The van der Waals surface area contributed by atoms with E-state index in [9.17, 15) is 9.59 Å². The molecule has 0 N–H and O–H groups in total. The summed E-state index contributed by atoms with van der Waals surface area (Å²) in [6, 6.07) is 17.8. The second-order valence-corrected chi connectivity index (χ2v) is 8.24. The normalized spacial score (nSPS) is 14.0. The van der Waals surface area contributed by atoms with Crippen LogP contribution in [0.4, 0.5) is 5.69 Å². The molecule has 1 aliphatic rings. The number of aryl methyl sites for hydroxylation is 3. The minimum Gasteiger partial charge on any atom is -0.368 e. The highest BCUT2D eigenvalue weighted by molar-refractivity contribution is 5.76. The largest absolute Gasteiger partial charge is 0.368 e. The van der Waals surface area contributed by atoms with Crippen LogP contribution in [0, 0.1) is 20.8 Å². The molecule has 6 nitrogen and oxygen atoms in total. The Morgan fingerprint density at radius 2 is 1.65 bits per heavy atom. The Morgan fingerprint density at radius 1 is 0.903 bits per heavy atom. The fraction of sp³-hybridized carbons (Fsp3) is 0.320. The molecule has 2 heterocycles. The van der Waals surface area contributed by atoms with Gasteiger partial charge in [-0.1, -0.05) is 29.8 Å². The molecule has 1 saturated heterocycles. The summed E-state index contributed by atoms with van der Waals surface area (Å²) < 4.78 is 1.28. The van der Waals surface area contributed by atoms with Gasteiger partial charge in [-0.2, -0.15) is 5.10 Å². The maximum atomic E-state index is 12.9. The van der Waals surface area contributed by atoms with Gasteiger partial charge in [0.05, 0.1) is 5.69 Å². The van der Waals surface area contributed by atoms with Crippen molar-refractivity contribution < 1.29 is 4.79 Å². The van der Waals surface area contributed by atoms with Crippen LogP contribution < -0.4 is 10.5 Å². The lowest BCUT2D eigenvalue weighted by Crippen LogP contribution is -2.50. The molecule has 3 aromatic rings. The van der Waals surface area contributed by atoms with Crippen molar-refractivity contribution in [2.45, 2.75) is 27.3 Å². The zero-order valence-corrected chi connectivity index (χ0v) is 18.3. The number of carbonyl (C=O) groups is 1. The van der Waals surface area contributed by atoms with Crippen LogP contribution in [-0.2, 0) is 11.3 Å². The molecule has 1 fully saturated rings. The van der Waals surface area contributed by atoms with Crippen LogP contribution >= 0.6 is 0 Å². The molecule has 2 aromatic carbocycles. The Morgan fingerprint density at radius 3 is 2.39 bits per heavy atom. The highest BCUT2D eigenvalue weighted by Crippen LogP contribution is 2.22. The molecule has 160 valence electrons. The first-order chi connectivity index (χ1) is 14.9. The van der Waals surface area contributed by atoms with Crippen molar-refractivity contribution in [2.24, 2.45) is 0 Å². The van der Waals surface area contributed by atoms with Gasteiger partial charge >= 0.3 is 0 Å². The predicted octanol–water partition coefficient (Wildman–Crippen LogP) is 3.18. The second kappa shape index (κ2) is 8.76. The predicted molar refractivity (Wildman–Crippen MR) is 123 cm³/mol. The first-order valence-corrected chi connectivity index (χ1v) is 10.7. The molecular weight excluding hydrogens is 388 g/mol. The van der Waals surface area contributed by atoms with Crippen LogP contribution in [0.15, 0.2) is 59.4 Å². The number of hydrogen-bond acceptors (Lipinski definition) is 4. The van der Waals surface area contributed by atoms with E-state index in [1.165, 1.54) is 22.0 Å². The molecule has 0 bridgehead atoms. The van der Waals surface area contributed by atoms with Crippen molar-refractivity contribution in [1.82, 2.24) is 14.7 Å². The average molecular weight is 417 g/mol. The van der Waals surface area contributed by atoms with Gasteiger partial charge in [0, 0.05) is 43.5 Å². The standard InChI is InChI=1S/C25H28N4O2/c1-18-5-4-6-21(15-18)27-11-13-28(14-12-27)25(31)17-29-24(30)10-9-23(26-29)22-16-19(2)7-8-20(22)3/h4-10,15-16H,11-14,17H2,1-3H3. The maximum absolute atomic E-state index is 12.9. The molecule has 0 radical (unpaired) electrons. The van der Waals surface area contributed by atoms with Crippen LogP contribution in [-0.4, -0.2) is 46.8 Å². The van der Waals surface area contributed by atoms with Gasteiger partial charge in [-0.15, -0.1) is 0 Å². The Labute approximate surface area is 182 Å². The van der Waals surface area contributed by atoms with E-state index >= 15 is 0 Å². The molecule has 31 heavy (non-hydrogen) atoms. The molecule has 1 amide bonds. The summed E-state index contributed by atoms with van der Waals surface area (Å²) in [5.41, 5.74) is 6.05. The van der Waals surface area contributed by atoms with E-state index in [2.05, 4.69) is 53.3 Å². The van der Waals surface area contributed by atoms with Gasteiger partial charge in [0.15, 0.2) is 0 Å². The summed E-state index contributed by atoms with van der Waals surface area (Å²) in [6.07, 6.45) is 0. The van der Waals surface area contributed by atoms with E-state index in [1.807, 2.05) is 24.8 Å². The minimum absolute atomic E-state index is 0.0397. The fourth-order valence-electron chi connectivity index (χ4n) is 3.98. The lowest BCUT2D eigenvalue weighted by atomic mass is 10.0. The summed E-state index contributed by atoms with van der Waals surface area (Å²) in [7, 11) is 0. The monoisotopic (exact) mass is 416 g/mol. The second-order valence-electron chi connectivity index (χ2n) is 8.24. The van der Waals surface area contributed by atoms with Crippen molar-refractivity contribution in [3.8, 4) is 11.3 Å². The highest BCUT2D eigenvalue weighted by atomic mass is 16.2. The molecular formula is C25H28N4O2. The van der Waals surface area contributed by atoms with E-state index in [0.717, 1.165) is 29.8 Å². The first kappa shape index (κ1) is 20.8. The van der Waals surface area contributed by atoms with E-state index in [-0.39, 0.29) is 18.0 Å². The molecule has 0 saturated carbocycles. The van der Waals surface area contributed by atoms with Crippen molar-refractivity contribution >= 4 is 11.6 Å². The van der Waals surface area contributed by atoms with Gasteiger partial charge in [-0.25, -0.2) is 4.68 Å². The number of hydrogen-bond donors (Lipinski definition) is 0.